The predicted octanol–water partition coefficient (Wildman–Crippen LogP) is 4.73. The fraction of sp³-hybridized carbons (Fsp3) is 0.310. The van der Waals surface area contributed by atoms with Crippen molar-refractivity contribution in [1.82, 2.24) is 10.2 Å². The number of halogens is 1. The highest BCUT2D eigenvalue weighted by atomic mass is 35.5. The molecule has 0 fully saturated rings. The molecule has 3 aromatic rings. The van der Waals surface area contributed by atoms with Crippen LogP contribution in [0.3, 0.4) is 0 Å². The molecule has 0 unspecified atom stereocenters. The summed E-state index contributed by atoms with van der Waals surface area (Å²) < 4.78 is 33.8. The zero-order valence-corrected chi connectivity index (χ0v) is 24.1. The van der Waals surface area contributed by atoms with E-state index in [2.05, 4.69) is 5.32 Å². The van der Waals surface area contributed by atoms with E-state index in [9.17, 15) is 18.0 Å². The molecule has 8 nitrogen and oxygen atoms in total. The first-order chi connectivity index (χ1) is 18.5. The number of methoxy groups -OCH3 is 1. The van der Waals surface area contributed by atoms with Crippen molar-refractivity contribution in [1.29, 1.82) is 0 Å². The van der Waals surface area contributed by atoms with E-state index in [4.69, 9.17) is 16.3 Å². The van der Waals surface area contributed by atoms with Crippen LogP contribution < -0.4 is 14.4 Å². The smallest absolute Gasteiger partial charge is 0.264 e. The molecule has 0 radical (unpaired) electrons. The first kappa shape index (κ1) is 30.0. The zero-order valence-electron chi connectivity index (χ0n) is 22.5. The Morgan fingerprint density at radius 2 is 1.62 bits per heavy atom. The van der Waals surface area contributed by atoms with Crippen LogP contribution in [0.5, 0.6) is 5.75 Å². The van der Waals surface area contributed by atoms with Crippen molar-refractivity contribution in [3.63, 3.8) is 0 Å². The van der Waals surface area contributed by atoms with Gasteiger partial charge >= 0.3 is 0 Å². The highest BCUT2D eigenvalue weighted by Gasteiger charge is 2.33. The van der Waals surface area contributed by atoms with Crippen LogP contribution >= 0.6 is 11.6 Å². The SMILES string of the molecule is COc1cccc(CN(C(=O)CN(c2ccccc2Cl)S(=O)(=O)c2ccccc2)[C@@H](C)C(=O)NCC(C)C)c1. The van der Waals surface area contributed by atoms with Crippen molar-refractivity contribution in [3.05, 3.63) is 89.4 Å². The van der Waals surface area contributed by atoms with Crippen LogP contribution in [0.4, 0.5) is 5.69 Å². The molecule has 0 saturated carbocycles. The molecule has 0 spiro atoms. The van der Waals surface area contributed by atoms with E-state index < -0.39 is 28.5 Å². The molecule has 0 aliphatic rings. The molecule has 0 aromatic heterocycles. The lowest BCUT2D eigenvalue weighted by Gasteiger charge is -2.32. The van der Waals surface area contributed by atoms with Crippen LogP contribution in [0.15, 0.2) is 83.8 Å². The Bertz CT molecular complexity index is 1380. The molecular weight excluding hydrogens is 538 g/mol. The minimum absolute atomic E-state index is 0.0137. The number of sulfonamides is 1. The lowest BCUT2D eigenvalue weighted by atomic mass is 10.1. The van der Waals surface area contributed by atoms with Crippen LogP contribution in [0.25, 0.3) is 0 Å². The Labute approximate surface area is 235 Å². The topological polar surface area (TPSA) is 96.0 Å². The van der Waals surface area contributed by atoms with Crippen LogP contribution in [0.2, 0.25) is 5.02 Å². The molecule has 39 heavy (non-hydrogen) atoms. The number of nitrogens with zero attached hydrogens (tertiary/aromatic N) is 2. The summed E-state index contributed by atoms with van der Waals surface area (Å²) in [6, 6.07) is 20.5. The maximum atomic E-state index is 13.9. The van der Waals surface area contributed by atoms with E-state index in [0.29, 0.717) is 12.3 Å². The maximum Gasteiger partial charge on any atom is 0.264 e. The molecule has 208 valence electrons. The average molecular weight is 572 g/mol. The van der Waals surface area contributed by atoms with Crippen LogP contribution in [0.1, 0.15) is 26.3 Å². The number of amides is 2. The van der Waals surface area contributed by atoms with E-state index in [1.165, 1.54) is 17.0 Å². The van der Waals surface area contributed by atoms with Gasteiger partial charge in [-0.15, -0.1) is 0 Å². The quantitative estimate of drug-likeness (QED) is 0.339. The van der Waals surface area contributed by atoms with Gasteiger partial charge in [-0.3, -0.25) is 13.9 Å². The minimum Gasteiger partial charge on any atom is -0.497 e. The lowest BCUT2D eigenvalue weighted by Crippen LogP contribution is -2.51. The molecular formula is C29H34ClN3O5S. The van der Waals surface area contributed by atoms with Crippen LogP contribution in [-0.4, -0.2) is 51.4 Å². The summed E-state index contributed by atoms with van der Waals surface area (Å²) in [7, 11) is -2.63. The fourth-order valence-electron chi connectivity index (χ4n) is 3.89. The molecule has 0 aliphatic carbocycles. The van der Waals surface area contributed by atoms with Crippen molar-refractivity contribution >= 4 is 39.1 Å². The number of para-hydroxylation sites is 1. The van der Waals surface area contributed by atoms with Crippen molar-refractivity contribution in [2.45, 2.75) is 38.3 Å². The number of benzene rings is 3. The first-order valence-electron chi connectivity index (χ1n) is 12.6. The van der Waals surface area contributed by atoms with Crippen molar-refractivity contribution < 1.29 is 22.7 Å². The summed E-state index contributed by atoms with van der Waals surface area (Å²) in [6.07, 6.45) is 0. The summed E-state index contributed by atoms with van der Waals surface area (Å²) in [4.78, 5) is 28.4. The minimum atomic E-state index is -4.18. The van der Waals surface area contributed by atoms with E-state index in [-0.39, 0.29) is 34.0 Å². The number of hydrogen-bond acceptors (Lipinski definition) is 5. The number of anilines is 1. The molecule has 1 atom stereocenters. The van der Waals surface area contributed by atoms with Gasteiger partial charge in [-0.05, 0) is 54.8 Å². The molecule has 2 amide bonds. The van der Waals surface area contributed by atoms with Gasteiger partial charge in [-0.25, -0.2) is 8.42 Å². The summed E-state index contributed by atoms with van der Waals surface area (Å²) in [5, 5.41) is 3.04. The van der Waals surface area contributed by atoms with E-state index >= 15 is 0 Å². The summed E-state index contributed by atoms with van der Waals surface area (Å²) in [5.74, 6) is -0.0869. The van der Waals surface area contributed by atoms with Gasteiger partial charge in [0.2, 0.25) is 11.8 Å². The standard InChI is InChI=1S/C29H34ClN3O5S/c1-21(2)18-31-29(35)22(3)32(19-23-11-10-12-24(17-23)38-4)28(34)20-33(27-16-9-8-15-26(27)30)39(36,37)25-13-6-5-7-14-25/h5-17,21-22H,18-20H2,1-4H3,(H,31,35)/t22-/m0/s1. The summed E-state index contributed by atoms with van der Waals surface area (Å²) >= 11 is 6.41. The molecule has 0 heterocycles. The Hall–Kier alpha value is -3.56. The van der Waals surface area contributed by atoms with E-state index in [1.807, 2.05) is 19.9 Å². The number of nitrogens with one attached hydrogen (secondary N) is 1. The van der Waals surface area contributed by atoms with Gasteiger partial charge in [-0.2, -0.15) is 0 Å². The monoisotopic (exact) mass is 571 g/mol. The number of carbonyl (C=O) groups excluding carboxylic acids is 2. The van der Waals surface area contributed by atoms with Crippen molar-refractivity contribution in [2.75, 3.05) is 24.5 Å². The Balaban J connectivity index is 2.02. The van der Waals surface area contributed by atoms with Gasteiger partial charge in [0.05, 0.1) is 22.7 Å². The van der Waals surface area contributed by atoms with Gasteiger partial charge in [-0.1, -0.05) is 67.9 Å². The average Bonchev–Trinajstić information content (AvgIpc) is 2.93. The largest absolute Gasteiger partial charge is 0.497 e. The lowest BCUT2D eigenvalue weighted by molar-refractivity contribution is -0.139. The molecule has 0 saturated heterocycles. The predicted molar refractivity (Wildman–Crippen MR) is 153 cm³/mol. The number of hydrogen-bond donors (Lipinski definition) is 1. The molecule has 10 heteroatoms. The zero-order chi connectivity index (χ0) is 28.6. The second kappa shape index (κ2) is 13.5. The second-order valence-corrected chi connectivity index (χ2v) is 11.7. The molecule has 3 rings (SSSR count). The number of carbonyl (C=O) groups is 2. The van der Waals surface area contributed by atoms with Gasteiger partial charge in [0.1, 0.15) is 18.3 Å². The molecule has 0 bridgehead atoms. The Kier molecular flexibility index (Phi) is 10.4. The normalized spacial score (nSPS) is 12.1. The van der Waals surface area contributed by atoms with Crippen molar-refractivity contribution in [2.24, 2.45) is 5.92 Å². The van der Waals surface area contributed by atoms with Crippen molar-refractivity contribution in [3.8, 4) is 5.75 Å². The van der Waals surface area contributed by atoms with Crippen LogP contribution in [-0.2, 0) is 26.2 Å². The molecule has 0 aliphatic heterocycles. The molecule has 3 aromatic carbocycles. The van der Waals surface area contributed by atoms with Gasteiger partial charge in [0.15, 0.2) is 0 Å². The highest BCUT2D eigenvalue weighted by Crippen LogP contribution is 2.30. The Morgan fingerprint density at radius 1 is 0.949 bits per heavy atom. The third-order valence-electron chi connectivity index (χ3n) is 6.07. The third kappa shape index (κ3) is 7.74. The van der Waals surface area contributed by atoms with Crippen LogP contribution in [0, 0.1) is 5.92 Å². The first-order valence-corrected chi connectivity index (χ1v) is 14.4. The van der Waals surface area contributed by atoms with Gasteiger partial charge in [0.25, 0.3) is 10.0 Å². The van der Waals surface area contributed by atoms with Gasteiger partial charge < -0.3 is 15.0 Å². The summed E-state index contributed by atoms with van der Waals surface area (Å²) in [6.45, 7) is 5.51. The highest BCUT2D eigenvalue weighted by molar-refractivity contribution is 7.92. The third-order valence-corrected chi connectivity index (χ3v) is 8.16. The van der Waals surface area contributed by atoms with Gasteiger partial charge in [0, 0.05) is 13.1 Å². The summed E-state index contributed by atoms with van der Waals surface area (Å²) in [5.41, 5.74) is 0.885. The van der Waals surface area contributed by atoms with E-state index in [1.54, 1.807) is 74.7 Å². The second-order valence-electron chi connectivity index (χ2n) is 9.46. The number of rotatable bonds is 12. The number of ether oxygens (including phenoxy) is 1. The Morgan fingerprint density at radius 3 is 2.26 bits per heavy atom. The fourth-order valence-corrected chi connectivity index (χ4v) is 5.63. The maximum absolute atomic E-state index is 13.9. The molecule has 1 N–H and O–H groups in total. The van der Waals surface area contributed by atoms with E-state index in [0.717, 1.165) is 9.87 Å².